The lowest BCUT2D eigenvalue weighted by molar-refractivity contribution is -0.0572. The van der Waals surface area contributed by atoms with Crippen molar-refractivity contribution in [3.63, 3.8) is 0 Å². The molecular formula is C22H16N4O4. The molecule has 1 fully saturated rings. The molecule has 0 amide bonds. The molecule has 1 atom stereocenters. The maximum atomic E-state index is 12.7. The molecule has 0 N–H and O–H groups in total. The van der Waals surface area contributed by atoms with Crippen LogP contribution in [0, 0.1) is 0 Å². The summed E-state index contributed by atoms with van der Waals surface area (Å²) in [6.45, 7) is 0. The average Bonchev–Trinajstić information content (AvgIpc) is 3.34. The van der Waals surface area contributed by atoms with Gasteiger partial charge < -0.3 is 14.0 Å². The number of esters is 1. The van der Waals surface area contributed by atoms with Crippen molar-refractivity contribution in [2.24, 2.45) is 0 Å². The number of hydrogen-bond donors (Lipinski definition) is 0. The topological polar surface area (TPSA) is 92.3 Å². The van der Waals surface area contributed by atoms with Gasteiger partial charge in [0.15, 0.2) is 0 Å². The fraction of sp³-hybridized carbons (Fsp3) is 0.182. The van der Waals surface area contributed by atoms with Crippen molar-refractivity contribution in [1.29, 1.82) is 0 Å². The molecular weight excluding hydrogens is 384 g/mol. The van der Waals surface area contributed by atoms with Crippen LogP contribution < -0.4 is 4.74 Å². The van der Waals surface area contributed by atoms with Gasteiger partial charge in [-0.2, -0.15) is 4.98 Å². The van der Waals surface area contributed by atoms with Gasteiger partial charge in [-0.05, 0) is 37.1 Å². The number of hydrogen-bond acceptors (Lipinski definition) is 7. The Hall–Kier alpha value is -3.94. The van der Waals surface area contributed by atoms with Crippen molar-refractivity contribution in [2.45, 2.75) is 25.0 Å². The minimum Gasteiger partial charge on any atom is -0.447 e. The summed E-state index contributed by atoms with van der Waals surface area (Å²) in [6.07, 6.45) is 2.75. The molecule has 6 rings (SSSR count). The Morgan fingerprint density at radius 1 is 1.07 bits per heavy atom. The van der Waals surface area contributed by atoms with E-state index in [1.54, 1.807) is 30.6 Å². The van der Waals surface area contributed by atoms with Gasteiger partial charge in [-0.25, -0.2) is 9.78 Å². The van der Waals surface area contributed by atoms with E-state index in [-0.39, 0.29) is 0 Å². The van der Waals surface area contributed by atoms with Crippen molar-refractivity contribution in [1.82, 2.24) is 19.7 Å². The minimum atomic E-state index is -1.01. The normalized spacial score (nSPS) is 17.0. The summed E-state index contributed by atoms with van der Waals surface area (Å²) in [7, 11) is 0. The highest BCUT2D eigenvalue weighted by Gasteiger charge is 2.36. The molecule has 2 aliphatic rings. The first-order chi connectivity index (χ1) is 14.8. The summed E-state index contributed by atoms with van der Waals surface area (Å²) < 4.78 is 19.0. The number of nitrogens with zero attached hydrogens (tertiary/aromatic N) is 4. The molecule has 1 unspecified atom stereocenters. The van der Waals surface area contributed by atoms with Gasteiger partial charge in [0.05, 0.1) is 11.3 Å². The quantitative estimate of drug-likeness (QED) is 0.477. The summed E-state index contributed by atoms with van der Waals surface area (Å²) >= 11 is 0. The number of fused-ring (bicyclic) bond motifs is 3. The van der Waals surface area contributed by atoms with Crippen LogP contribution in [0.15, 0.2) is 65.4 Å². The molecule has 8 heteroatoms. The van der Waals surface area contributed by atoms with E-state index < -0.39 is 12.3 Å². The van der Waals surface area contributed by atoms with Crippen LogP contribution in [-0.4, -0.2) is 25.7 Å². The molecule has 2 aromatic carbocycles. The van der Waals surface area contributed by atoms with Crippen LogP contribution >= 0.6 is 0 Å². The molecule has 4 aromatic rings. The van der Waals surface area contributed by atoms with E-state index in [1.165, 1.54) is 0 Å². The minimum absolute atomic E-state index is 0.327. The first-order valence-corrected chi connectivity index (χ1v) is 9.71. The second kappa shape index (κ2) is 6.55. The van der Waals surface area contributed by atoms with E-state index in [0.29, 0.717) is 40.3 Å². The van der Waals surface area contributed by atoms with Crippen molar-refractivity contribution in [3.8, 4) is 23.0 Å². The number of carbonyl (C=O) groups is 1. The second-order valence-electron chi connectivity index (χ2n) is 7.27. The Labute approximate surface area is 171 Å². The predicted molar refractivity (Wildman–Crippen MR) is 104 cm³/mol. The molecule has 0 bridgehead atoms. The molecule has 0 spiro atoms. The van der Waals surface area contributed by atoms with Gasteiger partial charge in [0.1, 0.15) is 23.5 Å². The van der Waals surface area contributed by atoms with Crippen molar-refractivity contribution < 1.29 is 18.8 Å². The Bertz CT molecular complexity index is 1240. The van der Waals surface area contributed by atoms with Crippen LogP contribution in [0.2, 0.25) is 0 Å². The van der Waals surface area contributed by atoms with Gasteiger partial charge in [0, 0.05) is 5.92 Å². The van der Waals surface area contributed by atoms with Gasteiger partial charge in [-0.15, -0.1) is 0 Å². The molecule has 148 valence electrons. The Balaban J connectivity index is 1.43. The van der Waals surface area contributed by atoms with Gasteiger partial charge in [-0.1, -0.05) is 35.5 Å². The third kappa shape index (κ3) is 2.76. The molecule has 30 heavy (non-hydrogen) atoms. The number of carbonyl (C=O) groups excluding carboxylic acids is 1. The highest BCUT2D eigenvalue weighted by atomic mass is 16.7. The van der Waals surface area contributed by atoms with E-state index in [2.05, 4.69) is 15.1 Å². The van der Waals surface area contributed by atoms with E-state index in [4.69, 9.17) is 14.0 Å². The highest BCUT2D eigenvalue weighted by Crippen LogP contribution is 2.42. The molecule has 1 aliphatic heterocycles. The molecule has 0 saturated heterocycles. The zero-order valence-electron chi connectivity index (χ0n) is 15.8. The lowest BCUT2D eigenvalue weighted by Gasteiger charge is -2.27. The number of benzene rings is 2. The lowest BCUT2D eigenvalue weighted by atomic mass is 10.2. The van der Waals surface area contributed by atoms with Crippen LogP contribution in [0.4, 0.5) is 0 Å². The molecule has 1 aliphatic carbocycles. The average molecular weight is 400 g/mol. The largest absolute Gasteiger partial charge is 0.447 e. The molecule has 0 radical (unpaired) electrons. The highest BCUT2D eigenvalue weighted by molar-refractivity contribution is 5.89. The monoisotopic (exact) mass is 400 g/mol. The summed E-state index contributed by atoms with van der Waals surface area (Å²) in [5.41, 5.74) is 2.24. The van der Waals surface area contributed by atoms with E-state index in [0.717, 1.165) is 18.5 Å². The molecule has 1 saturated carbocycles. The first-order valence-electron chi connectivity index (χ1n) is 9.71. The van der Waals surface area contributed by atoms with Crippen molar-refractivity contribution >= 4 is 5.97 Å². The van der Waals surface area contributed by atoms with Gasteiger partial charge >= 0.3 is 5.97 Å². The second-order valence-corrected chi connectivity index (χ2v) is 7.27. The Kier molecular flexibility index (Phi) is 3.70. The van der Waals surface area contributed by atoms with Crippen LogP contribution in [0.5, 0.6) is 5.75 Å². The van der Waals surface area contributed by atoms with Crippen LogP contribution in [0.25, 0.3) is 17.2 Å². The number of para-hydroxylation sites is 2. The van der Waals surface area contributed by atoms with E-state index in [1.807, 2.05) is 34.9 Å². The number of imidazole rings is 1. The van der Waals surface area contributed by atoms with Crippen LogP contribution in [0.1, 0.15) is 47.0 Å². The lowest BCUT2D eigenvalue weighted by Crippen LogP contribution is -2.24. The molecule has 3 heterocycles. The maximum Gasteiger partial charge on any atom is 0.341 e. The summed E-state index contributed by atoms with van der Waals surface area (Å²) in [4.78, 5) is 21.7. The Morgan fingerprint density at radius 3 is 2.70 bits per heavy atom. The Morgan fingerprint density at radius 2 is 1.87 bits per heavy atom. The summed E-state index contributed by atoms with van der Waals surface area (Å²) in [5, 5.41) is 4.10. The fourth-order valence-electron chi connectivity index (χ4n) is 3.52. The van der Waals surface area contributed by atoms with Crippen molar-refractivity contribution in [2.75, 3.05) is 0 Å². The van der Waals surface area contributed by atoms with Gasteiger partial charge in [0.25, 0.3) is 6.29 Å². The number of rotatable bonds is 4. The zero-order chi connectivity index (χ0) is 20.1. The van der Waals surface area contributed by atoms with Crippen LogP contribution in [0.3, 0.4) is 0 Å². The maximum absolute atomic E-state index is 12.7. The zero-order valence-corrected chi connectivity index (χ0v) is 15.8. The summed E-state index contributed by atoms with van der Waals surface area (Å²) in [6, 6.07) is 16.3. The van der Waals surface area contributed by atoms with Crippen molar-refractivity contribution in [3.05, 3.63) is 78.1 Å². The molecule has 8 nitrogen and oxygen atoms in total. The van der Waals surface area contributed by atoms with Gasteiger partial charge in [-0.3, -0.25) is 4.57 Å². The first kappa shape index (κ1) is 17.0. The molecule has 2 aromatic heterocycles. The van der Waals surface area contributed by atoms with Crippen LogP contribution in [-0.2, 0) is 4.74 Å². The third-order valence-corrected chi connectivity index (χ3v) is 5.19. The van der Waals surface area contributed by atoms with Gasteiger partial charge in [0.2, 0.25) is 11.7 Å². The SMILES string of the molecule is O=C(OC1Oc2ccccc2-n2cnc(-c3noc(C4CC4)n3)c21)c1ccccc1. The predicted octanol–water partition coefficient (Wildman–Crippen LogP) is 4.05. The fourth-order valence-corrected chi connectivity index (χ4v) is 3.52. The summed E-state index contributed by atoms with van der Waals surface area (Å²) in [5.74, 6) is 1.39. The standard InChI is InChI=1S/C22H16N4O4/c27-21(14-6-2-1-3-7-14)29-22-18-17(19-24-20(30-25-19)13-10-11-13)23-12-26(18)15-8-4-5-9-16(15)28-22/h1-9,12-13,22H,10-11H2. The van der Waals surface area contributed by atoms with E-state index in [9.17, 15) is 4.79 Å². The smallest absolute Gasteiger partial charge is 0.341 e. The van der Waals surface area contributed by atoms with E-state index >= 15 is 0 Å². The third-order valence-electron chi connectivity index (χ3n) is 5.19. The number of aromatic nitrogens is 4. The number of ether oxygens (including phenoxy) is 2.